The average molecular weight is 269 g/mol. The number of anilines is 1. The van der Waals surface area contributed by atoms with Crippen LogP contribution in [0.15, 0.2) is 18.2 Å². The van der Waals surface area contributed by atoms with Gasteiger partial charge in [0.05, 0.1) is 0 Å². The first-order valence-electron chi connectivity index (χ1n) is 7.63. The first-order valence-corrected chi connectivity index (χ1v) is 7.63. The Morgan fingerprint density at radius 1 is 1.20 bits per heavy atom. The van der Waals surface area contributed by atoms with Crippen molar-refractivity contribution in [3.63, 3.8) is 0 Å². The van der Waals surface area contributed by atoms with Crippen molar-refractivity contribution in [2.75, 3.05) is 18.0 Å². The summed E-state index contributed by atoms with van der Waals surface area (Å²) in [4.78, 5) is 2.56. The van der Waals surface area contributed by atoms with Crippen LogP contribution in [0.25, 0.3) is 10.9 Å². The van der Waals surface area contributed by atoms with Gasteiger partial charge in [0.25, 0.3) is 0 Å². The Labute approximate surface area is 120 Å². The Balaban J connectivity index is 2.03. The van der Waals surface area contributed by atoms with Gasteiger partial charge in [-0.1, -0.05) is 6.07 Å². The molecule has 2 aromatic rings. The molecule has 1 fully saturated rings. The summed E-state index contributed by atoms with van der Waals surface area (Å²) in [5.41, 5.74) is 10.2. The predicted octanol–water partition coefficient (Wildman–Crippen LogP) is 3.07. The summed E-state index contributed by atoms with van der Waals surface area (Å²) < 4.78 is 2.38. The quantitative estimate of drug-likeness (QED) is 0.863. The highest BCUT2D eigenvalue weighted by molar-refractivity contribution is 5.92. The molecule has 106 valence electrons. The second-order valence-corrected chi connectivity index (χ2v) is 7.01. The second kappa shape index (κ2) is 3.79. The number of hydrogen-bond acceptors (Lipinski definition) is 2. The minimum absolute atomic E-state index is 0.273. The number of benzene rings is 1. The van der Waals surface area contributed by atoms with Crippen molar-refractivity contribution < 1.29 is 0 Å². The highest BCUT2D eigenvalue weighted by atomic mass is 15.3. The van der Waals surface area contributed by atoms with Gasteiger partial charge in [0.1, 0.15) is 5.82 Å². The van der Waals surface area contributed by atoms with Crippen LogP contribution in [0.1, 0.15) is 43.7 Å². The topological polar surface area (TPSA) is 34.2 Å². The molecule has 0 radical (unpaired) electrons. The lowest BCUT2D eigenvalue weighted by atomic mass is 9.83. The lowest BCUT2D eigenvalue weighted by Gasteiger charge is -2.41. The van der Waals surface area contributed by atoms with Gasteiger partial charge in [-0.05, 0) is 50.3 Å². The summed E-state index contributed by atoms with van der Waals surface area (Å²) in [7, 11) is 2.20. The zero-order chi connectivity index (χ0) is 14.1. The van der Waals surface area contributed by atoms with Gasteiger partial charge in [-0.15, -0.1) is 0 Å². The van der Waals surface area contributed by atoms with E-state index in [0.29, 0.717) is 0 Å². The molecule has 0 atom stereocenters. The van der Waals surface area contributed by atoms with Crippen LogP contribution in [-0.2, 0) is 12.6 Å². The van der Waals surface area contributed by atoms with Gasteiger partial charge in [-0.3, -0.25) is 0 Å². The van der Waals surface area contributed by atoms with Crippen LogP contribution >= 0.6 is 0 Å². The van der Waals surface area contributed by atoms with Gasteiger partial charge < -0.3 is 15.2 Å². The van der Waals surface area contributed by atoms with Crippen molar-refractivity contribution in [2.24, 2.45) is 12.8 Å². The fourth-order valence-corrected chi connectivity index (χ4v) is 4.03. The van der Waals surface area contributed by atoms with E-state index in [9.17, 15) is 0 Å². The first-order chi connectivity index (χ1) is 9.47. The molecule has 0 saturated carbocycles. The van der Waals surface area contributed by atoms with Crippen molar-refractivity contribution in [3.8, 4) is 0 Å². The zero-order valence-electron chi connectivity index (χ0n) is 12.6. The molecule has 5 rings (SSSR count). The molecule has 20 heavy (non-hydrogen) atoms. The molecule has 2 N–H and O–H groups in total. The summed E-state index contributed by atoms with van der Waals surface area (Å²) in [6.07, 6.45) is 2.62. The second-order valence-electron chi connectivity index (χ2n) is 7.01. The normalized spacial score (nSPS) is 18.9. The van der Waals surface area contributed by atoms with E-state index in [1.807, 2.05) is 0 Å². The van der Waals surface area contributed by atoms with Crippen LogP contribution in [0.2, 0.25) is 0 Å². The van der Waals surface area contributed by atoms with Crippen molar-refractivity contribution >= 4 is 16.7 Å². The third kappa shape index (κ3) is 1.50. The number of aryl methyl sites for hydroxylation is 1. The van der Waals surface area contributed by atoms with E-state index in [1.165, 1.54) is 48.2 Å². The summed E-state index contributed by atoms with van der Waals surface area (Å²) in [5.74, 6) is 2.20. The van der Waals surface area contributed by atoms with Crippen LogP contribution in [0.3, 0.4) is 0 Å². The number of piperidine rings is 1. The Hall–Kier alpha value is -1.48. The van der Waals surface area contributed by atoms with Crippen LogP contribution in [0.5, 0.6) is 0 Å². The van der Waals surface area contributed by atoms with Crippen LogP contribution < -0.4 is 10.6 Å². The predicted molar refractivity (Wildman–Crippen MR) is 84.3 cm³/mol. The van der Waals surface area contributed by atoms with Crippen LogP contribution in [-0.4, -0.2) is 17.7 Å². The van der Waals surface area contributed by atoms with Gasteiger partial charge >= 0.3 is 0 Å². The summed E-state index contributed by atoms with van der Waals surface area (Å²) in [5, 5.41) is 1.42. The molecule has 0 aliphatic carbocycles. The van der Waals surface area contributed by atoms with Crippen molar-refractivity contribution in [1.82, 2.24) is 4.57 Å². The standard InChI is InChI=1S/C17H23N3/c1-17(2,18)12-4-5-14-13(10-12)15-11-6-8-20(9-7-11)16(15)19(14)3/h4-5,10-11H,6-9,18H2,1-3H3. The minimum Gasteiger partial charge on any atom is -0.358 e. The van der Waals surface area contributed by atoms with E-state index in [4.69, 9.17) is 5.73 Å². The van der Waals surface area contributed by atoms with Crippen molar-refractivity contribution in [1.29, 1.82) is 0 Å². The third-order valence-electron chi connectivity index (χ3n) is 5.15. The number of aromatic nitrogens is 1. The fourth-order valence-electron chi connectivity index (χ4n) is 4.03. The number of fused-ring (bicyclic) bond motifs is 3. The maximum atomic E-state index is 6.29. The minimum atomic E-state index is -0.273. The summed E-state index contributed by atoms with van der Waals surface area (Å²) >= 11 is 0. The number of hydrogen-bond donors (Lipinski definition) is 1. The highest BCUT2D eigenvalue weighted by Gasteiger charge is 2.35. The van der Waals surface area contributed by atoms with E-state index in [2.05, 4.69) is 48.6 Å². The van der Waals surface area contributed by atoms with E-state index < -0.39 is 0 Å². The Bertz CT molecular complexity index is 682. The third-order valence-corrected chi connectivity index (χ3v) is 5.15. The van der Waals surface area contributed by atoms with E-state index in [0.717, 1.165) is 5.92 Å². The molecule has 3 aliphatic heterocycles. The molecule has 1 aromatic carbocycles. The lowest BCUT2D eigenvalue weighted by Crippen LogP contribution is -2.39. The number of nitrogens with two attached hydrogens (primary N) is 1. The SMILES string of the molecule is Cn1c2c(c3cc(C(C)(C)N)ccc31)C1CCN2CC1. The molecule has 0 amide bonds. The molecule has 0 unspecified atom stereocenters. The smallest absolute Gasteiger partial charge is 0.112 e. The molecular weight excluding hydrogens is 246 g/mol. The van der Waals surface area contributed by atoms with E-state index in [1.54, 1.807) is 5.56 Å². The fraction of sp³-hybridized carbons (Fsp3) is 0.529. The van der Waals surface area contributed by atoms with Gasteiger partial charge in [-0.2, -0.15) is 0 Å². The van der Waals surface area contributed by atoms with Gasteiger partial charge in [0, 0.05) is 42.1 Å². The molecule has 3 aliphatic rings. The number of nitrogens with zero attached hydrogens (tertiary/aromatic N) is 2. The van der Waals surface area contributed by atoms with Gasteiger partial charge in [-0.25, -0.2) is 0 Å². The largest absolute Gasteiger partial charge is 0.358 e. The first kappa shape index (κ1) is 12.3. The molecule has 1 saturated heterocycles. The summed E-state index contributed by atoms with van der Waals surface area (Å²) in [6.45, 7) is 6.60. The molecule has 3 heteroatoms. The molecule has 3 nitrogen and oxygen atoms in total. The molecule has 0 spiro atoms. The molecule has 4 heterocycles. The highest BCUT2D eigenvalue weighted by Crippen LogP contribution is 2.47. The lowest BCUT2D eigenvalue weighted by molar-refractivity contribution is 0.469. The number of rotatable bonds is 1. The molecule has 1 aromatic heterocycles. The maximum absolute atomic E-state index is 6.29. The average Bonchev–Trinajstić information content (AvgIpc) is 2.75. The van der Waals surface area contributed by atoms with E-state index in [-0.39, 0.29) is 5.54 Å². The maximum Gasteiger partial charge on any atom is 0.112 e. The van der Waals surface area contributed by atoms with Crippen LogP contribution in [0, 0.1) is 0 Å². The Kier molecular flexibility index (Phi) is 2.33. The van der Waals surface area contributed by atoms with E-state index >= 15 is 0 Å². The monoisotopic (exact) mass is 269 g/mol. The van der Waals surface area contributed by atoms with Crippen molar-refractivity contribution in [3.05, 3.63) is 29.3 Å². The Morgan fingerprint density at radius 2 is 1.90 bits per heavy atom. The van der Waals surface area contributed by atoms with Gasteiger partial charge in [0.15, 0.2) is 0 Å². The summed E-state index contributed by atoms with van der Waals surface area (Å²) in [6, 6.07) is 6.76. The molecular formula is C17H23N3. The van der Waals surface area contributed by atoms with Gasteiger partial charge in [0.2, 0.25) is 0 Å². The molecule has 2 bridgehead atoms. The van der Waals surface area contributed by atoms with Crippen molar-refractivity contribution in [2.45, 2.75) is 38.1 Å². The zero-order valence-corrected chi connectivity index (χ0v) is 12.6. The Morgan fingerprint density at radius 3 is 2.55 bits per heavy atom. The van der Waals surface area contributed by atoms with Crippen LogP contribution in [0.4, 0.5) is 5.82 Å².